The van der Waals surface area contributed by atoms with Crippen LogP contribution in [-0.4, -0.2) is 19.3 Å². The van der Waals surface area contributed by atoms with E-state index in [0.717, 1.165) is 33.6 Å². The van der Waals surface area contributed by atoms with Crippen LogP contribution < -0.4 is 9.64 Å². The van der Waals surface area contributed by atoms with E-state index in [1.54, 1.807) is 7.11 Å². The molecule has 0 atom stereocenters. The summed E-state index contributed by atoms with van der Waals surface area (Å²) in [6.45, 7) is 0.798. The van der Waals surface area contributed by atoms with Gasteiger partial charge in [-0.3, -0.25) is 0 Å². The molecule has 0 fully saturated rings. The van der Waals surface area contributed by atoms with Crippen LogP contribution >= 0.6 is 15.9 Å². The lowest BCUT2D eigenvalue weighted by Crippen LogP contribution is -2.17. The zero-order valence-electron chi connectivity index (χ0n) is 11.6. The fraction of sp³-hybridized carbons (Fsp3) is 0.250. The summed E-state index contributed by atoms with van der Waals surface area (Å²) in [6, 6.07) is 14.0. The Morgan fingerprint density at radius 1 is 1.15 bits per heavy atom. The number of rotatable bonds is 5. The molecule has 20 heavy (non-hydrogen) atoms. The van der Waals surface area contributed by atoms with E-state index in [0.29, 0.717) is 0 Å². The van der Waals surface area contributed by atoms with Gasteiger partial charge in [0.1, 0.15) is 5.75 Å². The second-order valence-corrected chi connectivity index (χ2v) is 5.46. The topological polar surface area (TPSA) is 32.7 Å². The van der Waals surface area contributed by atoms with Crippen molar-refractivity contribution in [1.29, 1.82) is 0 Å². The smallest absolute Gasteiger partial charge is 0.123 e. The first-order chi connectivity index (χ1) is 9.65. The molecule has 2 aromatic carbocycles. The number of halogens is 1. The minimum Gasteiger partial charge on any atom is -0.496 e. The molecule has 0 spiro atoms. The van der Waals surface area contributed by atoms with Crippen LogP contribution in [0.4, 0.5) is 5.69 Å². The molecule has 106 valence electrons. The Morgan fingerprint density at radius 3 is 2.55 bits per heavy atom. The lowest BCUT2D eigenvalue weighted by Gasteiger charge is -2.21. The number of hydrogen-bond acceptors (Lipinski definition) is 3. The standard InChI is InChI=1S/C16H18BrNO2/c1-18(10-12-5-3-4-6-16(12)20-2)14-8-7-13(11-19)15(17)9-14/h3-9,19H,10-11H2,1-2H3. The first-order valence-corrected chi connectivity index (χ1v) is 7.17. The van der Waals surface area contributed by atoms with Crippen LogP contribution in [0.3, 0.4) is 0 Å². The molecule has 1 N–H and O–H groups in total. The summed E-state index contributed by atoms with van der Waals surface area (Å²) in [5.41, 5.74) is 3.11. The van der Waals surface area contributed by atoms with Crippen LogP contribution in [0.25, 0.3) is 0 Å². The summed E-state index contributed by atoms with van der Waals surface area (Å²) in [5, 5.41) is 9.19. The summed E-state index contributed by atoms with van der Waals surface area (Å²) < 4.78 is 6.29. The third kappa shape index (κ3) is 3.32. The lowest BCUT2D eigenvalue weighted by molar-refractivity contribution is 0.281. The Morgan fingerprint density at radius 2 is 1.90 bits per heavy atom. The number of para-hydroxylation sites is 1. The van der Waals surface area contributed by atoms with Gasteiger partial charge < -0.3 is 14.7 Å². The monoisotopic (exact) mass is 335 g/mol. The van der Waals surface area contributed by atoms with Gasteiger partial charge in [0.05, 0.1) is 13.7 Å². The van der Waals surface area contributed by atoms with Gasteiger partial charge in [-0.05, 0) is 23.8 Å². The first kappa shape index (κ1) is 14.9. The van der Waals surface area contributed by atoms with E-state index < -0.39 is 0 Å². The molecule has 3 nitrogen and oxygen atoms in total. The minimum atomic E-state index is 0.0388. The highest BCUT2D eigenvalue weighted by atomic mass is 79.9. The summed E-state index contributed by atoms with van der Waals surface area (Å²) >= 11 is 3.48. The van der Waals surface area contributed by atoms with Gasteiger partial charge in [-0.15, -0.1) is 0 Å². The molecule has 0 aliphatic heterocycles. The molecule has 0 saturated heterocycles. The van der Waals surface area contributed by atoms with E-state index in [2.05, 4.69) is 26.9 Å². The fourth-order valence-corrected chi connectivity index (χ4v) is 2.57. The van der Waals surface area contributed by atoms with Crippen LogP contribution in [-0.2, 0) is 13.2 Å². The van der Waals surface area contributed by atoms with Gasteiger partial charge in [-0.25, -0.2) is 0 Å². The minimum absolute atomic E-state index is 0.0388. The molecular weight excluding hydrogens is 318 g/mol. The maximum absolute atomic E-state index is 9.19. The average Bonchev–Trinajstić information content (AvgIpc) is 2.47. The van der Waals surface area contributed by atoms with Crippen molar-refractivity contribution in [2.24, 2.45) is 0 Å². The largest absolute Gasteiger partial charge is 0.496 e. The van der Waals surface area contributed by atoms with Crippen molar-refractivity contribution < 1.29 is 9.84 Å². The molecule has 0 heterocycles. The number of nitrogens with zero attached hydrogens (tertiary/aromatic N) is 1. The summed E-state index contributed by atoms with van der Waals surface area (Å²) in [5.74, 6) is 0.894. The molecule has 0 aromatic heterocycles. The number of methoxy groups -OCH3 is 1. The van der Waals surface area contributed by atoms with E-state index in [1.807, 2.05) is 43.4 Å². The van der Waals surface area contributed by atoms with Crippen LogP contribution in [0.1, 0.15) is 11.1 Å². The van der Waals surface area contributed by atoms with Gasteiger partial charge in [0.15, 0.2) is 0 Å². The molecule has 0 unspecified atom stereocenters. The van der Waals surface area contributed by atoms with E-state index >= 15 is 0 Å². The number of aliphatic hydroxyl groups excluding tert-OH is 1. The molecule has 0 bridgehead atoms. The van der Waals surface area contributed by atoms with E-state index in [4.69, 9.17) is 4.74 Å². The molecule has 2 rings (SSSR count). The van der Waals surface area contributed by atoms with Gasteiger partial charge >= 0.3 is 0 Å². The third-order valence-corrected chi connectivity index (χ3v) is 3.99. The average molecular weight is 336 g/mol. The van der Waals surface area contributed by atoms with Crippen molar-refractivity contribution in [3.63, 3.8) is 0 Å². The van der Waals surface area contributed by atoms with Gasteiger partial charge in [0.2, 0.25) is 0 Å². The van der Waals surface area contributed by atoms with Crippen LogP contribution in [0.2, 0.25) is 0 Å². The number of hydrogen-bond donors (Lipinski definition) is 1. The molecule has 0 aliphatic carbocycles. The van der Waals surface area contributed by atoms with Crippen molar-refractivity contribution in [2.45, 2.75) is 13.2 Å². The van der Waals surface area contributed by atoms with E-state index in [1.165, 1.54) is 0 Å². The summed E-state index contributed by atoms with van der Waals surface area (Å²) in [4.78, 5) is 2.14. The van der Waals surface area contributed by atoms with Crippen LogP contribution in [0.15, 0.2) is 46.9 Å². The van der Waals surface area contributed by atoms with Crippen LogP contribution in [0, 0.1) is 0 Å². The Hall–Kier alpha value is -1.52. The van der Waals surface area contributed by atoms with Crippen molar-refractivity contribution >= 4 is 21.6 Å². The van der Waals surface area contributed by atoms with Crippen molar-refractivity contribution in [1.82, 2.24) is 0 Å². The second-order valence-electron chi connectivity index (χ2n) is 4.60. The molecular formula is C16H18BrNO2. The Kier molecular flexibility index (Phi) is 5.04. The van der Waals surface area contributed by atoms with Crippen LogP contribution in [0.5, 0.6) is 5.75 Å². The van der Waals surface area contributed by atoms with Gasteiger partial charge in [-0.1, -0.05) is 40.2 Å². The summed E-state index contributed by atoms with van der Waals surface area (Å²) in [6.07, 6.45) is 0. The van der Waals surface area contributed by atoms with Gasteiger partial charge in [-0.2, -0.15) is 0 Å². The highest BCUT2D eigenvalue weighted by Gasteiger charge is 2.08. The lowest BCUT2D eigenvalue weighted by atomic mass is 10.1. The number of anilines is 1. The van der Waals surface area contributed by atoms with Gasteiger partial charge in [0, 0.05) is 29.3 Å². The molecule has 4 heteroatoms. The SMILES string of the molecule is COc1ccccc1CN(C)c1ccc(CO)c(Br)c1. The molecule has 0 radical (unpaired) electrons. The Labute approximate surface area is 127 Å². The fourth-order valence-electron chi connectivity index (χ4n) is 2.08. The molecule has 2 aromatic rings. The highest BCUT2D eigenvalue weighted by molar-refractivity contribution is 9.10. The first-order valence-electron chi connectivity index (χ1n) is 6.38. The zero-order chi connectivity index (χ0) is 14.5. The molecule has 0 aliphatic rings. The zero-order valence-corrected chi connectivity index (χ0v) is 13.2. The van der Waals surface area contributed by atoms with Crippen molar-refractivity contribution in [3.05, 3.63) is 58.1 Å². The Balaban J connectivity index is 2.19. The third-order valence-electron chi connectivity index (χ3n) is 3.25. The predicted octanol–water partition coefficient (Wildman–Crippen LogP) is 3.59. The van der Waals surface area contributed by atoms with Crippen molar-refractivity contribution in [3.8, 4) is 5.75 Å². The number of aliphatic hydroxyl groups is 1. The second kappa shape index (κ2) is 6.77. The molecule has 0 saturated carbocycles. The number of benzene rings is 2. The summed E-state index contributed by atoms with van der Waals surface area (Å²) in [7, 11) is 3.72. The van der Waals surface area contributed by atoms with Crippen molar-refractivity contribution in [2.75, 3.05) is 19.1 Å². The normalized spacial score (nSPS) is 10.4. The van der Waals surface area contributed by atoms with E-state index in [9.17, 15) is 5.11 Å². The number of ether oxygens (including phenoxy) is 1. The highest BCUT2D eigenvalue weighted by Crippen LogP contribution is 2.26. The van der Waals surface area contributed by atoms with E-state index in [-0.39, 0.29) is 6.61 Å². The maximum atomic E-state index is 9.19. The molecule has 0 amide bonds. The predicted molar refractivity (Wildman–Crippen MR) is 85.2 cm³/mol. The Bertz CT molecular complexity index is 586. The quantitative estimate of drug-likeness (QED) is 0.906. The van der Waals surface area contributed by atoms with Gasteiger partial charge in [0.25, 0.3) is 0 Å². The maximum Gasteiger partial charge on any atom is 0.123 e.